The molecule has 1 aromatic rings. The van der Waals surface area contributed by atoms with E-state index in [1.807, 2.05) is 13.0 Å². The lowest BCUT2D eigenvalue weighted by atomic mass is 10.00. The lowest BCUT2D eigenvalue weighted by molar-refractivity contribution is -0.140. The molecule has 1 heterocycles. The third kappa shape index (κ3) is 7.43. The van der Waals surface area contributed by atoms with Crippen LogP contribution >= 0.6 is 11.6 Å². The molecule has 2 fully saturated rings. The highest BCUT2D eigenvalue weighted by Crippen LogP contribution is 2.30. The normalized spacial score (nSPS) is 20.0. The van der Waals surface area contributed by atoms with Crippen LogP contribution in [0.3, 0.4) is 0 Å². The second kappa shape index (κ2) is 11.9. The van der Waals surface area contributed by atoms with Crippen molar-refractivity contribution in [2.24, 2.45) is 5.92 Å². The Morgan fingerprint density at radius 2 is 1.88 bits per heavy atom. The molecular weight excluding hydrogens is 474 g/mol. The Hall–Kier alpha value is -1.64. The van der Waals surface area contributed by atoms with Gasteiger partial charge in [0.1, 0.15) is 9.84 Å². The molecule has 34 heavy (non-hydrogen) atoms. The molecule has 7 nitrogen and oxygen atoms in total. The smallest absolute Gasteiger partial charge is 0.226 e. The molecule has 190 valence electrons. The van der Waals surface area contributed by atoms with Gasteiger partial charge >= 0.3 is 0 Å². The van der Waals surface area contributed by atoms with Crippen LogP contribution in [0.25, 0.3) is 0 Å². The zero-order valence-corrected chi connectivity index (χ0v) is 22.2. The number of amides is 2. The molecule has 1 saturated carbocycles. The first kappa shape index (κ1) is 27.0. The maximum atomic E-state index is 13.1. The summed E-state index contributed by atoms with van der Waals surface area (Å²) in [4.78, 5) is 29.9. The molecule has 1 aliphatic heterocycles. The van der Waals surface area contributed by atoms with Crippen LogP contribution < -0.4 is 5.32 Å². The van der Waals surface area contributed by atoms with Crippen LogP contribution in [0, 0.1) is 12.8 Å². The number of benzene rings is 1. The molecule has 1 atom stereocenters. The maximum Gasteiger partial charge on any atom is 0.226 e. The number of nitrogens with zero attached hydrogens (tertiary/aromatic N) is 2. The number of halogens is 1. The summed E-state index contributed by atoms with van der Waals surface area (Å²) in [6.07, 6.45) is 7.44. The van der Waals surface area contributed by atoms with E-state index in [2.05, 4.69) is 22.0 Å². The van der Waals surface area contributed by atoms with E-state index in [-0.39, 0.29) is 30.0 Å². The highest BCUT2D eigenvalue weighted by atomic mass is 35.5. The second-order valence-electron chi connectivity index (χ2n) is 9.86. The predicted octanol–water partition coefficient (Wildman–Crippen LogP) is 4.02. The van der Waals surface area contributed by atoms with E-state index in [1.165, 1.54) is 0 Å². The van der Waals surface area contributed by atoms with Crippen molar-refractivity contribution in [3.05, 3.63) is 28.3 Å². The number of anilines is 1. The summed E-state index contributed by atoms with van der Waals surface area (Å²) < 4.78 is 22.7. The van der Waals surface area contributed by atoms with Crippen LogP contribution in [0.1, 0.15) is 63.0 Å². The van der Waals surface area contributed by atoms with Crippen molar-refractivity contribution in [2.75, 3.05) is 37.0 Å². The van der Waals surface area contributed by atoms with E-state index in [0.29, 0.717) is 23.2 Å². The molecule has 1 saturated heterocycles. The average molecular weight is 512 g/mol. The van der Waals surface area contributed by atoms with Gasteiger partial charge in [0.2, 0.25) is 11.8 Å². The van der Waals surface area contributed by atoms with Crippen LogP contribution in [0.5, 0.6) is 0 Å². The van der Waals surface area contributed by atoms with Gasteiger partial charge in [-0.1, -0.05) is 37.8 Å². The largest absolute Gasteiger partial charge is 0.337 e. The van der Waals surface area contributed by atoms with Crippen LogP contribution in [-0.2, 0) is 26.0 Å². The molecule has 9 heteroatoms. The molecule has 1 aromatic carbocycles. The van der Waals surface area contributed by atoms with E-state index in [9.17, 15) is 18.0 Å². The second-order valence-corrected chi connectivity index (χ2v) is 12.6. The van der Waals surface area contributed by atoms with Gasteiger partial charge < -0.3 is 10.2 Å². The first-order valence-corrected chi connectivity index (χ1v) is 14.8. The molecule has 2 aliphatic rings. The fourth-order valence-electron chi connectivity index (χ4n) is 5.10. The van der Waals surface area contributed by atoms with Gasteiger partial charge in [0.05, 0.1) is 5.75 Å². The molecule has 0 unspecified atom stereocenters. The topological polar surface area (TPSA) is 86.8 Å². The Labute approximate surface area is 209 Å². The number of carbonyl (C=O) groups is 2. The van der Waals surface area contributed by atoms with Crippen molar-refractivity contribution in [3.63, 3.8) is 0 Å². The molecule has 3 rings (SSSR count). The van der Waals surface area contributed by atoms with Crippen LogP contribution in [-0.4, -0.2) is 67.7 Å². The van der Waals surface area contributed by atoms with Gasteiger partial charge in [-0.2, -0.15) is 0 Å². The monoisotopic (exact) mass is 511 g/mol. The van der Waals surface area contributed by atoms with E-state index in [0.717, 1.165) is 75.5 Å². The number of sulfone groups is 1. The van der Waals surface area contributed by atoms with Gasteiger partial charge in [0.25, 0.3) is 0 Å². The molecule has 1 N–H and O–H groups in total. The number of hydrogen-bond acceptors (Lipinski definition) is 5. The molecule has 0 aromatic heterocycles. The van der Waals surface area contributed by atoms with Crippen molar-refractivity contribution in [1.82, 2.24) is 9.80 Å². The molecule has 0 radical (unpaired) electrons. The lowest BCUT2D eigenvalue weighted by Gasteiger charge is -2.43. The summed E-state index contributed by atoms with van der Waals surface area (Å²) in [5.74, 6) is 0.0147. The van der Waals surface area contributed by atoms with Gasteiger partial charge in [-0.3, -0.25) is 14.5 Å². The van der Waals surface area contributed by atoms with E-state index < -0.39 is 9.84 Å². The predicted molar refractivity (Wildman–Crippen MR) is 137 cm³/mol. The van der Waals surface area contributed by atoms with Crippen molar-refractivity contribution < 1.29 is 18.0 Å². The zero-order valence-electron chi connectivity index (χ0n) is 20.6. The Morgan fingerprint density at radius 3 is 2.53 bits per heavy atom. The quantitative estimate of drug-likeness (QED) is 0.541. The fraction of sp³-hybridized carbons (Fsp3) is 0.680. The molecule has 1 aliphatic carbocycles. The Bertz CT molecular complexity index is 992. The minimum atomic E-state index is -3.21. The number of rotatable bonds is 9. The fourth-order valence-corrected chi connectivity index (χ4v) is 5.90. The van der Waals surface area contributed by atoms with Crippen molar-refractivity contribution in [2.45, 2.75) is 71.4 Å². The summed E-state index contributed by atoms with van der Waals surface area (Å²) in [7, 11) is -3.21. The minimum absolute atomic E-state index is 0.0875. The minimum Gasteiger partial charge on any atom is -0.337 e. The van der Waals surface area contributed by atoms with E-state index in [1.54, 1.807) is 6.07 Å². The summed E-state index contributed by atoms with van der Waals surface area (Å²) in [5.41, 5.74) is 2.56. The van der Waals surface area contributed by atoms with Crippen molar-refractivity contribution >= 4 is 38.9 Å². The van der Waals surface area contributed by atoms with Gasteiger partial charge in [-0.15, -0.1) is 0 Å². The zero-order chi connectivity index (χ0) is 24.9. The Kier molecular flexibility index (Phi) is 9.41. The van der Waals surface area contributed by atoms with Crippen LogP contribution in [0.15, 0.2) is 12.1 Å². The Balaban J connectivity index is 1.67. The standard InChI is InChI=1S/C25H38ClN3O4S/c1-4-7-22-17-28(11-12-29(22)25(31)19-8-5-6-9-19)16-20-14-21(26)15-23(18(20)2)27-24(30)10-13-34(3,32)33/h14-15,19,22H,4-13,16-17H2,1-3H3,(H,27,30)/t22-/m1/s1. The molecule has 0 spiro atoms. The molecular formula is C25H38ClN3O4S. The highest BCUT2D eigenvalue weighted by molar-refractivity contribution is 7.90. The lowest BCUT2D eigenvalue weighted by Crippen LogP contribution is -2.56. The number of hydrogen-bond donors (Lipinski definition) is 1. The van der Waals surface area contributed by atoms with Gasteiger partial charge in [-0.25, -0.2) is 8.42 Å². The summed E-state index contributed by atoms with van der Waals surface area (Å²) >= 11 is 6.37. The summed E-state index contributed by atoms with van der Waals surface area (Å²) in [5, 5.41) is 3.35. The SMILES string of the molecule is CCC[C@@H]1CN(Cc2cc(Cl)cc(NC(=O)CCS(C)(=O)=O)c2C)CCN1C(=O)C1CCCC1. The number of carbonyl (C=O) groups excluding carboxylic acids is 2. The molecule has 0 bridgehead atoms. The third-order valence-corrected chi connectivity index (χ3v) is 8.19. The maximum absolute atomic E-state index is 13.1. The Morgan fingerprint density at radius 1 is 1.18 bits per heavy atom. The van der Waals surface area contributed by atoms with Crippen LogP contribution in [0.2, 0.25) is 5.02 Å². The summed E-state index contributed by atoms with van der Waals surface area (Å²) in [6, 6.07) is 3.85. The number of nitrogens with one attached hydrogen (secondary N) is 1. The van der Waals surface area contributed by atoms with E-state index >= 15 is 0 Å². The van der Waals surface area contributed by atoms with Gasteiger partial charge in [0.15, 0.2) is 0 Å². The number of piperazine rings is 1. The van der Waals surface area contributed by atoms with Crippen molar-refractivity contribution in [3.8, 4) is 0 Å². The molecule has 2 amide bonds. The van der Waals surface area contributed by atoms with Gasteiger partial charge in [-0.05, 0) is 49.4 Å². The van der Waals surface area contributed by atoms with Crippen molar-refractivity contribution in [1.29, 1.82) is 0 Å². The first-order chi connectivity index (χ1) is 16.1. The highest BCUT2D eigenvalue weighted by Gasteiger charge is 2.34. The van der Waals surface area contributed by atoms with E-state index in [4.69, 9.17) is 11.6 Å². The summed E-state index contributed by atoms with van der Waals surface area (Å²) in [6.45, 7) is 7.17. The van der Waals surface area contributed by atoms with Gasteiger partial charge in [0, 0.05) is 61.5 Å². The first-order valence-electron chi connectivity index (χ1n) is 12.4. The average Bonchev–Trinajstić information content (AvgIpc) is 3.30. The third-order valence-electron chi connectivity index (χ3n) is 7.02. The van der Waals surface area contributed by atoms with Crippen LogP contribution in [0.4, 0.5) is 5.69 Å².